The molecule has 9 rings (SSSR count). The molecular weight excluding hydrogens is 982 g/mol. The summed E-state index contributed by atoms with van der Waals surface area (Å²) >= 11 is 0. The van der Waals surface area contributed by atoms with E-state index in [0.717, 1.165) is 48.8 Å². The van der Waals surface area contributed by atoms with Gasteiger partial charge in [-0.15, -0.1) is 0 Å². The van der Waals surface area contributed by atoms with Crippen LogP contribution in [0.25, 0.3) is 22.3 Å². The molecule has 14 nitrogen and oxygen atoms in total. The summed E-state index contributed by atoms with van der Waals surface area (Å²) in [6, 6.07) is 24.8. The number of likely N-dealkylation sites (N-methyl/N-ethyl adjacent to an activating group) is 1. The number of rotatable bonds is 23. The lowest BCUT2D eigenvalue weighted by molar-refractivity contribution is -0.199. The normalized spacial score (nSPS) is 24.2. The number of benzene rings is 4. The molecule has 2 heterocycles. The summed E-state index contributed by atoms with van der Waals surface area (Å²) in [6.07, 6.45) is 6.77. The highest BCUT2D eigenvalue weighted by molar-refractivity contribution is 6.47. The summed E-state index contributed by atoms with van der Waals surface area (Å²) in [4.78, 5) is 75.1. The van der Waals surface area contributed by atoms with Crippen LogP contribution in [0.4, 0.5) is 0 Å². The molecule has 15 heteroatoms. The van der Waals surface area contributed by atoms with E-state index in [9.17, 15) is 14.4 Å². The van der Waals surface area contributed by atoms with Gasteiger partial charge in [-0.05, 0) is 134 Å². The molecule has 4 aromatic carbocycles. The number of Topliss-reactive ketones (excluding diaryl/α,β-unsaturated/α-hetero) is 3. The Bertz CT molecular complexity index is 2770. The van der Waals surface area contributed by atoms with Gasteiger partial charge in [-0.1, -0.05) is 108 Å². The van der Waals surface area contributed by atoms with Crippen molar-refractivity contribution in [3.8, 4) is 33.8 Å². The highest BCUT2D eigenvalue weighted by Crippen LogP contribution is 2.66. The molecule has 6 bridgehead atoms. The largest absolute Gasteiger partial charge is 0.492 e. The van der Waals surface area contributed by atoms with Crippen LogP contribution in [-0.2, 0) is 41.3 Å². The average Bonchev–Trinajstić information content (AvgIpc) is 4.03. The van der Waals surface area contributed by atoms with Gasteiger partial charge in [-0.3, -0.25) is 24.0 Å². The highest BCUT2D eigenvalue weighted by atomic mass is 16.7. The molecule has 0 aromatic heterocycles. The van der Waals surface area contributed by atoms with E-state index in [0.29, 0.717) is 71.4 Å². The van der Waals surface area contributed by atoms with E-state index in [1.807, 2.05) is 55.5 Å². The summed E-state index contributed by atoms with van der Waals surface area (Å²) < 4.78 is 25.9. The Balaban J connectivity index is 1.09. The van der Waals surface area contributed by atoms with E-state index >= 15 is 9.59 Å². The Morgan fingerprint density at radius 3 is 2.10 bits per heavy atom. The Labute approximate surface area is 462 Å². The van der Waals surface area contributed by atoms with Crippen molar-refractivity contribution >= 4 is 36.3 Å². The lowest BCUT2D eigenvalue weighted by Gasteiger charge is -2.64. The lowest BCUT2D eigenvalue weighted by atomic mass is 9.43. The van der Waals surface area contributed by atoms with Crippen molar-refractivity contribution in [2.75, 3.05) is 39.9 Å². The van der Waals surface area contributed by atoms with E-state index < -0.39 is 48.3 Å². The first-order valence-corrected chi connectivity index (χ1v) is 28.7. The van der Waals surface area contributed by atoms with Crippen LogP contribution < -0.4 is 32.0 Å². The first kappa shape index (κ1) is 58.4. The lowest BCUT2D eigenvalue weighted by Crippen LogP contribution is -2.65. The zero-order valence-electron chi connectivity index (χ0n) is 47.2. The van der Waals surface area contributed by atoms with Crippen molar-refractivity contribution in [2.24, 2.45) is 46.3 Å². The zero-order chi connectivity index (χ0) is 55.9. The van der Waals surface area contributed by atoms with Gasteiger partial charge < -0.3 is 46.2 Å². The topological polar surface area (TPSA) is 216 Å². The van der Waals surface area contributed by atoms with Crippen LogP contribution in [0.1, 0.15) is 139 Å². The first-order chi connectivity index (χ1) is 37.4. The van der Waals surface area contributed by atoms with Crippen molar-refractivity contribution in [1.82, 2.24) is 10.2 Å². The van der Waals surface area contributed by atoms with Crippen LogP contribution in [0, 0.1) is 29.1 Å². The van der Waals surface area contributed by atoms with Crippen molar-refractivity contribution in [1.29, 1.82) is 0 Å². The number of nitrogens with zero attached hydrogens (tertiary/aromatic N) is 1. The van der Waals surface area contributed by atoms with E-state index in [4.69, 9.17) is 36.0 Å². The molecule has 2 aliphatic heterocycles. The Hall–Kier alpha value is -5.71. The van der Waals surface area contributed by atoms with Gasteiger partial charge in [0.2, 0.25) is 11.8 Å². The molecule has 0 unspecified atom stereocenters. The van der Waals surface area contributed by atoms with Crippen molar-refractivity contribution in [2.45, 2.75) is 148 Å². The van der Waals surface area contributed by atoms with Gasteiger partial charge >= 0.3 is 7.12 Å². The maximum atomic E-state index is 15.1. The molecule has 418 valence electrons. The third kappa shape index (κ3) is 12.8. The second-order valence-electron chi connectivity index (χ2n) is 23.5. The number of hydrogen-bond donors (Lipinski definition) is 4. The van der Waals surface area contributed by atoms with Crippen LogP contribution in [0.15, 0.2) is 84.9 Å². The monoisotopic (exact) mass is 1070 g/mol. The molecule has 78 heavy (non-hydrogen) atoms. The van der Waals surface area contributed by atoms with Crippen molar-refractivity contribution in [3.63, 3.8) is 0 Å². The van der Waals surface area contributed by atoms with Crippen LogP contribution >= 0.6 is 0 Å². The molecule has 0 spiro atoms. The molecule has 5 aliphatic rings. The second kappa shape index (κ2) is 25.6. The maximum Gasteiger partial charge on any atom is 0.461 e. The predicted octanol–water partition coefficient (Wildman–Crippen LogP) is 9.27. The number of nitrogens with one attached hydrogen (secondary N) is 1. The van der Waals surface area contributed by atoms with Crippen LogP contribution in [0.3, 0.4) is 0 Å². The molecule has 9 atom stereocenters. The summed E-state index contributed by atoms with van der Waals surface area (Å²) in [5.74, 6) is -1.77. The molecule has 3 saturated carbocycles. The Morgan fingerprint density at radius 1 is 0.808 bits per heavy atom. The quantitative estimate of drug-likeness (QED) is 0.0311. The van der Waals surface area contributed by atoms with Gasteiger partial charge in [0.15, 0.2) is 17.3 Å². The zero-order valence-corrected chi connectivity index (χ0v) is 47.2. The predicted molar refractivity (Wildman–Crippen MR) is 306 cm³/mol. The fourth-order valence-electron chi connectivity index (χ4n) is 12.8. The minimum Gasteiger partial charge on any atom is -0.492 e. The highest BCUT2D eigenvalue weighted by Gasteiger charge is 2.68. The number of unbranched alkanes of at least 4 members (excludes halogenated alkanes) is 2. The molecule has 4 aromatic rings. The molecule has 0 radical (unpaired) electrons. The SMILES string of the molecule is CCCCc1ccc(-c2ccc(C(=O)C[C@@H](CCCCN)C(=O)N(C)[C@@H]3C(=O)C[C@@H](C)C(=O)N[C@H](C(=O)C[C@@H](C)B4O[C@@H]5C[C@@H]6C[C@@H](C6(C)C)[C@]5(C)O4)Cc4ccc(OCCN)c(c4)-c4cc3ccc4OCCN)cc2)cc1. The first-order valence-electron chi connectivity index (χ1n) is 28.7. The number of ether oxygens (including phenoxy) is 2. The molecule has 7 N–H and O–H groups in total. The molecule has 3 aliphatic carbocycles. The van der Waals surface area contributed by atoms with Crippen LogP contribution in [0.5, 0.6) is 11.5 Å². The van der Waals surface area contributed by atoms with Gasteiger partial charge in [0.05, 0.1) is 17.7 Å². The number of amides is 2. The number of nitrogens with two attached hydrogens (primary N) is 3. The van der Waals surface area contributed by atoms with Gasteiger partial charge in [0.25, 0.3) is 0 Å². The summed E-state index contributed by atoms with van der Waals surface area (Å²) in [7, 11) is 1.00. The third-order valence-electron chi connectivity index (χ3n) is 17.6. The van der Waals surface area contributed by atoms with Gasteiger partial charge in [0, 0.05) is 67.9 Å². The average molecular weight is 1070 g/mol. The minimum absolute atomic E-state index is 0.0462. The Morgan fingerprint density at radius 2 is 1.46 bits per heavy atom. The molecular formula is C63H84BN5O9. The number of aryl methyl sites for hydroxylation is 1. The van der Waals surface area contributed by atoms with Crippen molar-refractivity contribution in [3.05, 3.63) is 107 Å². The van der Waals surface area contributed by atoms with Crippen LogP contribution in [-0.4, -0.2) is 98.8 Å². The number of carbonyl (C=O) groups is 5. The molecule has 1 saturated heterocycles. The number of hydrogen-bond acceptors (Lipinski definition) is 12. The number of ketones is 3. The van der Waals surface area contributed by atoms with Crippen molar-refractivity contribution < 1.29 is 42.8 Å². The number of fused-ring (bicyclic) bond motifs is 5. The summed E-state index contributed by atoms with van der Waals surface area (Å²) in [5.41, 5.74) is 23.8. The maximum absolute atomic E-state index is 15.1. The van der Waals surface area contributed by atoms with Crippen LogP contribution in [0.2, 0.25) is 5.82 Å². The van der Waals surface area contributed by atoms with E-state index in [-0.39, 0.29) is 86.8 Å². The van der Waals surface area contributed by atoms with Gasteiger partial charge in [-0.2, -0.15) is 0 Å². The third-order valence-corrected chi connectivity index (χ3v) is 17.6. The Kier molecular flexibility index (Phi) is 19.2. The minimum atomic E-state index is -1.19. The standard InChI is InChI=1S/C63H84BN5O9/c1-8-9-12-41-14-17-43(18-15-41)44-19-21-45(22-20-44)52(70)36-47(13-10-11-26-65)61(74)69(7)59-46-23-25-56(76-30-28-67)50(35-46)49-33-42(16-24-55(49)75-29-27-66)34-51(68-60(73)39(2)31-54(59)72)53(71)32-40(3)64-77-58-38-48-37-57(62(48,4)5)63(58,6)78-64/h14-25,33,35,39-40,47-48,51,57-59H,8-13,26-32,34,36-38,65-67H2,1-7H3,(H,68,73)/t39-,40-,47-,48+,51+,57+,58-,59+,63+/m1/s1. The molecule has 4 fully saturated rings. The fraction of sp³-hybridized carbons (Fsp3) is 0.540. The van der Waals surface area contributed by atoms with Gasteiger partial charge in [0.1, 0.15) is 30.8 Å². The smallest absolute Gasteiger partial charge is 0.461 e. The summed E-state index contributed by atoms with van der Waals surface area (Å²) in [6.45, 7) is 13.9. The summed E-state index contributed by atoms with van der Waals surface area (Å²) in [5, 5.41) is 3.06. The van der Waals surface area contributed by atoms with E-state index in [2.05, 4.69) is 57.3 Å². The fourth-order valence-corrected chi connectivity index (χ4v) is 12.8. The van der Waals surface area contributed by atoms with E-state index in [1.54, 1.807) is 26.1 Å². The van der Waals surface area contributed by atoms with Gasteiger partial charge in [-0.25, -0.2) is 0 Å². The molecule has 2 amide bonds. The number of carbonyl (C=O) groups excluding carboxylic acids is 5. The second-order valence-corrected chi connectivity index (χ2v) is 23.5. The van der Waals surface area contributed by atoms with E-state index in [1.165, 1.54) is 10.5 Å².